The summed E-state index contributed by atoms with van der Waals surface area (Å²) in [5, 5.41) is 11.8. The lowest BCUT2D eigenvalue weighted by atomic mass is 9.85. The maximum Gasteiger partial charge on any atom is 0.306 e. The van der Waals surface area contributed by atoms with Crippen LogP contribution < -0.4 is 4.74 Å². The number of ether oxygens (including phenoxy) is 1. The van der Waals surface area contributed by atoms with Crippen molar-refractivity contribution >= 4 is 16.7 Å². The number of carbonyl (C=O) groups is 1. The summed E-state index contributed by atoms with van der Waals surface area (Å²) in [5.41, 5.74) is 2.04. The number of likely N-dealkylation sites (tertiary alicyclic amines) is 1. The lowest BCUT2D eigenvalue weighted by Gasteiger charge is -2.36. The molecule has 4 nitrogen and oxygen atoms in total. The van der Waals surface area contributed by atoms with Crippen molar-refractivity contribution < 1.29 is 14.6 Å². The number of carboxylic acid groups (broad SMARTS) is 1. The summed E-state index contributed by atoms with van der Waals surface area (Å²) in [4.78, 5) is 13.7. The first-order valence-electron chi connectivity index (χ1n) is 12.2. The topological polar surface area (TPSA) is 49.8 Å². The fraction of sp³-hybridized carbons (Fsp3) is 0.593. The van der Waals surface area contributed by atoms with E-state index >= 15 is 0 Å². The number of carboxylic acids is 1. The summed E-state index contributed by atoms with van der Waals surface area (Å²) in [7, 11) is 0. The van der Waals surface area contributed by atoms with Gasteiger partial charge in [0, 0.05) is 6.04 Å². The van der Waals surface area contributed by atoms with E-state index in [9.17, 15) is 9.90 Å². The minimum Gasteiger partial charge on any atom is -0.490 e. The van der Waals surface area contributed by atoms with Gasteiger partial charge in [-0.2, -0.15) is 0 Å². The van der Waals surface area contributed by atoms with E-state index in [1.54, 1.807) is 0 Å². The summed E-state index contributed by atoms with van der Waals surface area (Å²) in [6.45, 7) is 3.96. The molecule has 2 saturated carbocycles. The second-order valence-corrected chi connectivity index (χ2v) is 10.2. The van der Waals surface area contributed by atoms with E-state index in [2.05, 4.69) is 48.2 Å². The molecule has 4 heteroatoms. The molecule has 1 atom stereocenters. The molecule has 166 valence electrons. The van der Waals surface area contributed by atoms with Crippen molar-refractivity contribution in [3.05, 3.63) is 42.0 Å². The molecule has 0 radical (unpaired) electrons. The second kappa shape index (κ2) is 8.46. The fourth-order valence-corrected chi connectivity index (χ4v) is 5.88. The highest BCUT2D eigenvalue weighted by atomic mass is 16.5. The fourth-order valence-electron chi connectivity index (χ4n) is 5.88. The standard InChI is InChI=1S/C27H35NO3/c1-2-25(28-15-9-19(10-16-28)26(29)30)22-4-3-21-18-24(6-5-20(21)17-22)31-23-7-11-27(12-8-23)13-14-27/h3-6,17-19,23,25H,2,7-16H2,1H3,(H,29,30). The number of aliphatic carboxylic acids is 1. The molecule has 0 aromatic heterocycles. The Labute approximate surface area is 185 Å². The largest absolute Gasteiger partial charge is 0.490 e. The predicted octanol–water partition coefficient (Wildman–Crippen LogP) is 6.19. The molecule has 3 aliphatic rings. The Morgan fingerprint density at radius 3 is 2.35 bits per heavy atom. The molecule has 3 fully saturated rings. The Morgan fingerprint density at radius 2 is 1.71 bits per heavy atom. The van der Waals surface area contributed by atoms with Crippen LogP contribution >= 0.6 is 0 Å². The molecular formula is C27H35NO3. The van der Waals surface area contributed by atoms with E-state index in [1.165, 1.54) is 54.9 Å². The van der Waals surface area contributed by atoms with Gasteiger partial charge in [-0.05, 0) is 111 Å². The van der Waals surface area contributed by atoms with Crippen molar-refractivity contribution in [3.8, 4) is 5.75 Å². The van der Waals surface area contributed by atoms with E-state index in [4.69, 9.17) is 4.74 Å². The van der Waals surface area contributed by atoms with Crippen molar-refractivity contribution in [2.45, 2.75) is 76.9 Å². The molecule has 1 heterocycles. The van der Waals surface area contributed by atoms with E-state index in [0.717, 1.165) is 38.1 Å². The summed E-state index contributed by atoms with van der Waals surface area (Å²) in [6.07, 6.45) is 10.9. The SMILES string of the molecule is CCC(c1ccc2cc(OC3CCC4(CC3)CC4)ccc2c1)N1CCC(C(=O)O)CC1. The van der Waals surface area contributed by atoms with Crippen LogP contribution in [0.3, 0.4) is 0 Å². The molecule has 1 unspecified atom stereocenters. The Kier molecular flexibility index (Phi) is 5.68. The highest BCUT2D eigenvalue weighted by molar-refractivity contribution is 5.84. The first kappa shape index (κ1) is 20.8. The summed E-state index contributed by atoms with van der Waals surface area (Å²) in [5.74, 6) is 0.180. The highest BCUT2D eigenvalue weighted by Crippen LogP contribution is 2.56. The van der Waals surface area contributed by atoms with Crippen LogP contribution in [0.2, 0.25) is 0 Å². The number of benzene rings is 2. The van der Waals surface area contributed by atoms with Gasteiger partial charge in [0.2, 0.25) is 0 Å². The number of hydrogen-bond acceptors (Lipinski definition) is 3. The molecule has 0 amide bonds. The zero-order chi connectivity index (χ0) is 21.4. The number of hydrogen-bond donors (Lipinski definition) is 1. The Hall–Kier alpha value is -2.07. The first-order valence-corrected chi connectivity index (χ1v) is 12.2. The van der Waals surface area contributed by atoms with Crippen LogP contribution in [0.5, 0.6) is 5.75 Å². The van der Waals surface area contributed by atoms with Gasteiger partial charge in [-0.1, -0.05) is 25.1 Å². The van der Waals surface area contributed by atoms with Gasteiger partial charge < -0.3 is 9.84 Å². The number of nitrogens with zero attached hydrogens (tertiary/aromatic N) is 1. The van der Waals surface area contributed by atoms with E-state index in [0.29, 0.717) is 17.6 Å². The molecule has 2 aliphatic carbocycles. The molecule has 1 saturated heterocycles. The van der Waals surface area contributed by atoms with Crippen LogP contribution in [-0.4, -0.2) is 35.2 Å². The average Bonchev–Trinajstić information content (AvgIpc) is 3.55. The average molecular weight is 422 g/mol. The van der Waals surface area contributed by atoms with Gasteiger partial charge >= 0.3 is 5.97 Å². The van der Waals surface area contributed by atoms with Gasteiger partial charge in [-0.15, -0.1) is 0 Å². The summed E-state index contributed by atoms with van der Waals surface area (Å²) < 4.78 is 6.35. The van der Waals surface area contributed by atoms with Gasteiger partial charge in [0.25, 0.3) is 0 Å². The molecule has 1 N–H and O–H groups in total. The normalized spacial score (nSPS) is 23.1. The monoisotopic (exact) mass is 421 g/mol. The molecular weight excluding hydrogens is 386 g/mol. The minimum absolute atomic E-state index is 0.178. The van der Waals surface area contributed by atoms with Crippen LogP contribution in [0.15, 0.2) is 36.4 Å². The zero-order valence-electron chi connectivity index (χ0n) is 18.7. The first-order chi connectivity index (χ1) is 15.0. The lowest BCUT2D eigenvalue weighted by Crippen LogP contribution is -2.38. The van der Waals surface area contributed by atoms with Gasteiger partial charge in [-0.25, -0.2) is 0 Å². The second-order valence-electron chi connectivity index (χ2n) is 10.2. The molecule has 1 aliphatic heterocycles. The summed E-state index contributed by atoms with van der Waals surface area (Å²) in [6, 6.07) is 13.7. The zero-order valence-corrected chi connectivity index (χ0v) is 18.7. The lowest BCUT2D eigenvalue weighted by molar-refractivity contribution is -0.143. The highest BCUT2D eigenvalue weighted by Gasteiger charge is 2.45. The molecule has 31 heavy (non-hydrogen) atoms. The smallest absolute Gasteiger partial charge is 0.306 e. The third-order valence-corrected chi connectivity index (χ3v) is 8.18. The predicted molar refractivity (Wildman–Crippen MR) is 123 cm³/mol. The van der Waals surface area contributed by atoms with Gasteiger partial charge in [-0.3, -0.25) is 9.69 Å². The quantitative estimate of drug-likeness (QED) is 0.604. The Morgan fingerprint density at radius 1 is 1.03 bits per heavy atom. The molecule has 0 bridgehead atoms. The van der Waals surface area contributed by atoms with Crippen molar-refractivity contribution in [3.63, 3.8) is 0 Å². The molecule has 1 spiro atoms. The van der Waals surface area contributed by atoms with Crippen molar-refractivity contribution in [2.24, 2.45) is 11.3 Å². The summed E-state index contributed by atoms with van der Waals surface area (Å²) >= 11 is 0. The Balaban J connectivity index is 1.26. The Bertz CT molecular complexity index is 933. The van der Waals surface area contributed by atoms with E-state index in [1.807, 2.05) is 0 Å². The van der Waals surface area contributed by atoms with Crippen LogP contribution in [0, 0.1) is 11.3 Å². The number of rotatable bonds is 6. The maximum absolute atomic E-state index is 11.3. The van der Waals surface area contributed by atoms with Gasteiger partial charge in [0.15, 0.2) is 0 Å². The molecule has 2 aromatic rings. The van der Waals surface area contributed by atoms with E-state index < -0.39 is 5.97 Å². The maximum atomic E-state index is 11.3. The van der Waals surface area contributed by atoms with Gasteiger partial charge in [0.1, 0.15) is 5.75 Å². The van der Waals surface area contributed by atoms with Gasteiger partial charge in [0.05, 0.1) is 12.0 Å². The van der Waals surface area contributed by atoms with E-state index in [-0.39, 0.29) is 5.92 Å². The molecule has 5 rings (SSSR count). The third-order valence-electron chi connectivity index (χ3n) is 8.18. The number of piperidine rings is 1. The minimum atomic E-state index is -0.642. The van der Waals surface area contributed by atoms with Crippen molar-refractivity contribution in [1.29, 1.82) is 0 Å². The van der Waals surface area contributed by atoms with Crippen molar-refractivity contribution in [2.75, 3.05) is 13.1 Å². The third kappa shape index (κ3) is 4.45. The van der Waals surface area contributed by atoms with Crippen LogP contribution in [-0.2, 0) is 4.79 Å². The molecule has 2 aromatic carbocycles. The van der Waals surface area contributed by atoms with Crippen molar-refractivity contribution in [1.82, 2.24) is 4.90 Å². The van der Waals surface area contributed by atoms with Crippen LogP contribution in [0.25, 0.3) is 10.8 Å². The van der Waals surface area contributed by atoms with Crippen LogP contribution in [0.1, 0.15) is 76.3 Å². The number of fused-ring (bicyclic) bond motifs is 1. The van der Waals surface area contributed by atoms with Crippen LogP contribution in [0.4, 0.5) is 0 Å².